The van der Waals surface area contributed by atoms with Crippen LogP contribution in [0.15, 0.2) is 18.2 Å². The van der Waals surface area contributed by atoms with Crippen LogP contribution in [-0.4, -0.2) is 73.1 Å². The molecule has 0 bridgehead atoms. The Balaban J connectivity index is 0.00000107. The van der Waals surface area contributed by atoms with Crippen LogP contribution < -0.4 is 0 Å². The van der Waals surface area contributed by atoms with Crippen LogP contribution in [0.4, 0.5) is 17.6 Å². The van der Waals surface area contributed by atoms with Crippen molar-refractivity contribution in [3.63, 3.8) is 0 Å². The minimum Gasteiger partial charge on any atom is -0.483 e. The molecule has 31 heavy (non-hydrogen) atoms. The molecule has 2 aliphatic heterocycles. The molecule has 2 fully saturated rings. The Morgan fingerprint density at radius 3 is 2.42 bits per heavy atom. The summed E-state index contributed by atoms with van der Waals surface area (Å²) in [5.41, 5.74) is -2.36. The second-order valence-corrected chi connectivity index (χ2v) is 7.86. The minimum atomic E-state index is -4.66. The summed E-state index contributed by atoms with van der Waals surface area (Å²) in [5.74, 6) is -2.09. The molecule has 2 saturated heterocycles. The molecule has 0 radical (unpaired) electrons. The van der Waals surface area contributed by atoms with Gasteiger partial charge in [-0.25, -0.2) is 4.39 Å². The third-order valence-electron chi connectivity index (χ3n) is 5.43. The number of benzene rings is 1. The van der Waals surface area contributed by atoms with Crippen LogP contribution in [0.25, 0.3) is 0 Å². The van der Waals surface area contributed by atoms with E-state index in [9.17, 15) is 27.2 Å². The van der Waals surface area contributed by atoms with Gasteiger partial charge >= 0.3 is 12.1 Å². The van der Waals surface area contributed by atoms with Gasteiger partial charge in [0.1, 0.15) is 11.9 Å². The Morgan fingerprint density at radius 2 is 1.90 bits per heavy atom. The number of carbonyl (C=O) groups excluding carboxylic acids is 2. The van der Waals surface area contributed by atoms with Gasteiger partial charge in [-0.05, 0) is 45.1 Å². The molecular formula is C20H24F4N2O5. The fourth-order valence-corrected chi connectivity index (χ4v) is 3.93. The van der Waals surface area contributed by atoms with Gasteiger partial charge in [-0.1, -0.05) is 0 Å². The van der Waals surface area contributed by atoms with Crippen molar-refractivity contribution in [2.24, 2.45) is 5.41 Å². The van der Waals surface area contributed by atoms with Gasteiger partial charge in [-0.3, -0.25) is 14.4 Å². The predicted molar refractivity (Wildman–Crippen MR) is 101 cm³/mol. The van der Waals surface area contributed by atoms with E-state index < -0.39 is 34.4 Å². The van der Waals surface area contributed by atoms with E-state index in [1.165, 1.54) is 4.90 Å². The van der Waals surface area contributed by atoms with E-state index in [2.05, 4.69) is 0 Å². The first kappa shape index (κ1) is 24.6. The van der Waals surface area contributed by atoms with Crippen molar-refractivity contribution in [1.82, 2.24) is 9.80 Å². The minimum absolute atomic E-state index is 0.165. The van der Waals surface area contributed by atoms with E-state index in [-0.39, 0.29) is 31.6 Å². The molecule has 7 nitrogen and oxygen atoms in total. The number of hydrogen-bond acceptors (Lipinski definition) is 5. The lowest BCUT2D eigenvalue weighted by atomic mass is 9.76. The first-order chi connectivity index (χ1) is 14.4. The number of hydrogen-bond donors (Lipinski definition) is 1. The fraction of sp³-hybridized carbons (Fsp3) is 0.550. The second kappa shape index (κ2) is 9.63. The molecule has 2 heterocycles. The van der Waals surface area contributed by atoms with Gasteiger partial charge < -0.3 is 19.6 Å². The molecular weight excluding hydrogens is 424 g/mol. The van der Waals surface area contributed by atoms with Crippen LogP contribution in [0.3, 0.4) is 0 Å². The topological polar surface area (TPSA) is 87.2 Å². The lowest BCUT2D eigenvalue weighted by Crippen LogP contribution is -2.45. The number of carbonyl (C=O) groups is 3. The maximum absolute atomic E-state index is 14.0. The van der Waals surface area contributed by atoms with E-state index in [0.29, 0.717) is 44.0 Å². The Morgan fingerprint density at radius 1 is 1.32 bits per heavy atom. The maximum atomic E-state index is 14.0. The molecule has 1 atom stereocenters. The quantitative estimate of drug-likeness (QED) is 0.435. The second-order valence-electron chi connectivity index (χ2n) is 7.86. The summed E-state index contributed by atoms with van der Waals surface area (Å²) in [7, 11) is 3.76. The van der Waals surface area contributed by atoms with E-state index >= 15 is 0 Å². The summed E-state index contributed by atoms with van der Waals surface area (Å²) in [6.45, 7) is 0.683. The number of nitrogens with zero attached hydrogens (tertiary/aromatic N) is 2. The van der Waals surface area contributed by atoms with Crippen molar-refractivity contribution in [3.05, 3.63) is 35.1 Å². The average Bonchev–Trinajstić information content (AvgIpc) is 2.95. The number of ether oxygens (including phenoxy) is 1. The average molecular weight is 448 g/mol. The van der Waals surface area contributed by atoms with Crippen LogP contribution in [0, 0.1) is 11.2 Å². The Labute approximate surface area is 176 Å². The first-order valence-electron chi connectivity index (χ1n) is 9.53. The van der Waals surface area contributed by atoms with Gasteiger partial charge in [0.15, 0.2) is 0 Å². The zero-order valence-corrected chi connectivity index (χ0v) is 17.1. The van der Waals surface area contributed by atoms with Crippen LogP contribution in [0.2, 0.25) is 0 Å². The molecule has 1 unspecified atom stereocenters. The molecule has 0 aromatic heterocycles. The number of likely N-dealkylation sites (tertiary alicyclic amines) is 1. The number of carboxylic acid groups (broad SMARTS) is 1. The zero-order chi connectivity index (χ0) is 23.4. The summed E-state index contributed by atoms with van der Waals surface area (Å²) in [4.78, 5) is 36.5. The van der Waals surface area contributed by atoms with E-state index in [1.54, 1.807) is 0 Å². The number of amides is 1. The third-order valence-corrected chi connectivity index (χ3v) is 5.43. The molecule has 1 N–H and O–H groups in total. The van der Waals surface area contributed by atoms with Gasteiger partial charge in [0, 0.05) is 26.1 Å². The van der Waals surface area contributed by atoms with Crippen molar-refractivity contribution >= 4 is 18.3 Å². The van der Waals surface area contributed by atoms with E-state index in [0.717, 1.165) is 0 Å². The molecule has 0 saturated carbocycles. The van der Waals surface area contributed by atoms with Gasteiger partial charge in [-0.2, -0.15) is 13.2 Å². The lowest BCUT2D eigenvalue weighted by molar-refractivity contribution is -0.151. The molecule has 11 heteroatoms. The summed E-state index contributed by atoms with van der Waals surface area (Å²) < 4.78 is 58.1. The lowest BCUT2D eigenvalue weighted by Gasteiger charge is -2.36. The van der Waals surface area contributed by atoms with E-state index in [4.69, 9.17) is 14.6 Å². The van der Waals surface area contributed by atoms with Gasteiger partial charge in [0.25, 0.3) is 12.4 Å². The number of esters is 1. The Bertz CT molecular complexity index is 820. The van der Waals surface area contributed by atoms with Crippen LogP contribution in [0.1, 0.15) is 35.2 Å². The molecule has 172 valence electrons. The number of piperidine rings is 1. The summed E-state index contributed by atoms with van der Waals surface area (Å²) >= 11 is 0. The van der Waals surface area contributed by atoms with Gasteiger partial charge in [0.05, 0.1) is 16.5 Å². The summed E-state index contributed by atoms with van der Waals surface area (Å²) in [6.07, 6.45) is -3.64. The highest BCUT2D eigenvalue weighted by Crippen LogP contribution is 2.43. The monoisotopic (exact) mass is 448 g/mol. The summed E-state index contributed by atoms with van der Waals surface area (Å²) in [5, 5.41) is 6.89. The number of likely N-dealkylation sites (N-methyl/N-ethyl adjacent to an activating group) is 1. The number of halogens is 4. The fourth-order valence-electron chi connectivity index (χ4n) is 3.93. The highest BCUT2D eigenvalue weighted by Gasteiger charge is 2.51. The molecule has 1 amide bonds. The van der Waals surface area contributed by atoms with E-state index in [1.807, 2.05) is 19.0 Å². The summed E-state index contributed by atoms with van der Waals surface area (Å²) in [6, 6.07) is 1.80. The van der Waals surface area contributed by atoms with Crippen LogP contribution in [0.5, 0.6) is 0 Å². The largest absolute Gasteiger partial charge is 0.483 e. The Hall–Kier alpha value is -2.69. The maximum Gasteiger partial charge on any atom is 0.416 e. The predicted octanol–water partition coefficient (Wildman–Crippen LogP) is 2.64. The molecule has 1 aromatic rings. The number of rotatable bonds is 3. The van der Waals surface area contributed by atoms with Gasteiger partial charge in [0.2, 0.25) is 0 Å². The Kier molecular flexibility index (Phi) is 7.63. The highest BCUT2D eigenvalue weighted by atomic mass is 19.4. The molecule has 3 rings (SSSR count). The van der Waals surface area contributed by atoms with Crippen LogP contribution >= 0.6 is 0 Å². The molecule has 2 aliphatic rings. The van der Waals surface area contributed by atoms with Crippen molar-refractivity contribution in [2.75, 3.05) is 33.7 Å². The van der Waals surface area contributed by atoms with Crippen molar-refractivity contribution in [1.29, 1.82) is 0 Å². The normalized spacial score (nSPS) is 20.3. The van der Waals surface area contributed by atoms with Crippen molar-refractivity contribution in [3.8, 4) is 0 Å². The van der Waals surface area contributed by atoms with Crippen molar-refractivity contribution < 1.29 is 41.8 Å². The first-order valence-corrected chi connectivity index (χ1v) is 9.53. The van der Waals surface area contributed by atoms with Crippen molar-refractivity contribution in [2.45, 2.75) is 31.5 Å². The van der Waals surface area contributed by atoms with Gasteiger partial charge in [-0.15, -0.1) is 0 Å². The third kappa shape index (κ3) is 5.72. The molecule has 1 spiro atoms. The smallest absolute Gasteiger partial charge is 0.416 e. The number of cyclic esters (lactones) is 1. The standard InChI is InChI=1S/C19H22F4N2O3.CH2O2/c1-24(2)11-13-10-18(17(27)28-13)5-7-25(8-6-18)16(26)14-9-12(19(21,22)23)3-4-15(14)20;2-1-3/h3-4,9,13H,5-8,10-11H2,1-2H3;1H,(H,2,3). The molecule has 1 aromatic carbocycles. The molecule has 0 aliphatic carbocycles. The SMILES string of the molecule is CN(C)CC1CC2(CCN(C(=O)c3cc(C(F)(F)F)ccc3F)CC2)C(=O)O1.O=CO. The van der Waals surface area contributed by atoms with Crippen LogP contribution in [-0.2, 0) is 20.5 Å². The zero-order valence-electron chi connectivity index (χ0n) is 17.1. The highest BCUT2D eigenvalue weighted by molar-refractivity contribution is 5.95. The number of alkyl halides is 3.